The maximum atomic E-state index is 11.5. The van der Waals surface area contributed by atoms with Gasteiger partial charge in [-0.2, -0.15) is 0 Å². The topological polar surface area (TPSA) is 49.7 Å². The lowest BCUT2D eigenvalue weighted by molar-refractivity contribution is -0.255. The van der Waals surface area contributed by atoms with Crippen LogP contribution in [0.2, 0.25) is 5.02 Å². The summed E-state index contributed by atoms with van der Waals surface area (Å²) in [5, 5.41) is 22.4. The first-order valence-corrected chi connectivity index (χ1v) is 14.1. The van der Waals surface area contributed by atoms with Crippen molar-refractivity contribution in [1.82, 2.24) is 0 Å². The van der Waals surface area contributed by atoms with Crippen LogP contribution in [0.15, 0.2) is 36.4 Å². The second-order valence-electron chi connectivity index (χ2n) is 10.8. The standard InChI is InChI=1S/C31H43ClO3/c1-5-20(4)31(30(23-9-8-10-23)29(34)18-24(19-33)35-31)27-15-16-28(32)26(25(27)7-3)17-22-13-11-21(6-2)12-14-22/h11-16,20,23-24,29-30,33-34H,5-10,17-19H2,1-4H3. The molecule has 1 aliphatic heterocycles. The van der Waals surface area contributed by atoms with Crippen LogP contribution in [-0.2, 0) is 29.6 Å². The maximum absolute atomic E-state index is 11.5. The number of halogens is 1. The van der Waals surface area contributed by atoms with Gasteiger partial charge in [0, 0.05) is 17.4 Å². The molecule has 1 heterocycles. The number of benzene rings is 2. The van der Waals surface area contributed by atoms with E-state index in [0.29, 0.717) is 12.3 Å². The largest absolute Gasteiger partial charge is 0.394 e. The zero-order valence-electron chi connectivity index (χ0n) is 21.9. The molecule has 1 aliphatic carbocycles. The SMILES string of the molecule is CCc1ccc(Cc2c(Cl)ccc(C3(C(C)CC)OC(CO)CC(O)C3C3CCC3)c2CC)cc1. The molecule has 0 aromatic heterocycles. The zero-order valence-corrected chi connectivity index (χ0v) is 22.7. The fourth-order valence-corrected chi connectivity index (χ4v) is 6.90. The summed E-state index contributed by atoms with van der Waals surface area (Å²) < 4.78 is 6.97. The minimum atomic E-state index is -0.637. The van der Waals surface area contributed by atoms with Gasteiger partial charge in [-0.1, -0.05) is 82.5 Å². The molecule has 2 aliphatic rings. The Morgan fingerprint density at radius 3 is 2.23 bits per heavy atom. The second-order valence-corrected chi connectivity index (χ2v) is 11.2. The third-order valence-electron chi connectivity index (χ3n) is 8.94. The molecule has 3 nitrogen and oxygen atoms in total. The molecule has 2 aromatic rings. The molecular formula is C31H43ClO3. The summed E-state index contributed by atoms with van der Waals surface area (Å²) >= 11 is 6.88. The third kappa shape index (κ3) is 4.94. The number of aliphatic hydroxyl groups is 2. The van der Waals surface area contributed by atoms with Gasteiger partial charge in [0.25, 0.3) is 0 Å². The van der Waals surface area contributed by atoms with E-state index in [-0.39, 0.29) is 24.5 Å². The molecule has 0 spiro atoms. The second kappa shape index (κ2) is 11.3. The molecule has 192 valence electrons. The van der Waals surface area contributed by atoms with Gasteiger partial charge in [0.1, 0.15) is 5.60 Å². The normalized spacial score (nSPS) is 28.0. The summed E-state index contributed by atoms with van der Waals surface area (Å²) in [6, 6.07) is 13.0. The average molecular weight is 499 g/mol. The van der Waals surface area contributed by atoms with E-state index in [1.807, 2.05) is 6.07 Å². The fraction of sp³-hybridized carbons (Fsp3) is 0.613. The molecule has 0 radical (unpaired) electrons. The van der Waals surface area contributed by atoms with E-state index in [1.165, 1.54) is 28.7 Å². The highest BCUT2D eigenvalue weighted by atomic mass is 35.5. The smallest absolute Gasteiger partial charge is 0.102 e. The van der Waals surface area contributed by atoms with Crippen molar-refractivity contribution in [2.24, 2.45) is 17.8 Å². The molecule has 5 unspecified atom stereocenters. The number of aryl methyl sites for hydroxylation is 1. The lowest BCUT2D eigenvalue weighted by Gasteiger charge is -2.57. The van der Waals surface area contributed by atoms with Gasteiger partial charge >= 0.3 is 0 Å². The quantitative estimate of drug-likeness (QED) is 0.397. The lowest BCUT2D eigenvalue weighted by atomic mass is 9.57. The van der Waals surface area contributed by atoms with E-state index >= 15 is 0 Å². The van der Waals surface area contributed by atoms with Gasteiger partial charge in [-0.15, -0.1) is 0 Å². The summed E-state index contributed by atoms with van der Waals surface area (Å²) in [6.07, 6.45) is 6.74. The van der Waals surface area contributed by atoms with Gasteiger partial charge in [-0.05, 0) is 77.8 Å². The first-order chi connectivity index (χ1) is 16.9. The number of hydrogen-bond donors (Lipinski definition) is 2. The van der Waals surface area contributed by atoms with Gasteiger partial charge in [-0.25, -0.2) is 0 Å². The Kier molecular flexibility index (Phi) is 8.64. The van der Waals surface area contributed by atoms with Crippen LogP contribution < -0.4 is 0 Å². The van der Waals surface area contributed by atoms with Crippen molar-refractivity contribution >= 4 is 11.6 Å². The van der Waals surface area contributed by atoms with Crippen LogP contribution in [0.3, 0.4) is 0 Å². The van der Waals surface area contributed by atoms with Crippen molar-refractivity contribution in [2.75, 3.05) is 6.61 Å². The molecule has 2 fully saturated rings. The van der Waals surface area contributed by atoms with Gasteiger partial charge in [0.05, 0.1) is 18.8 Å². The molecule has 4 heteroatoms. The lowest BCUT2D eigenvalue weighted by Crippen LogP contribution is -2.59. The zero-order chi connectivity index (χ0) is 25.2. The summed E-state index contributed by atoms with van der Waals surface area (Å²) in [4.78, 5) is 0. The molecule has 0 bridgehead atoms. The number of aliphatic hydroxyl groups excluding tert-OH is 2. The van der Waals surface area contributed by atoms with Crippen molar-refractivity contribution in [2.45, 2.75) is 96.9 Å². The average Bonchev–Trinajstić information content (AvgIpc) is 2.85. The number of ether oxygens (including phenoxy) is 1. The summed E-state index contributed by atoms with van der Waals surface area (Å²) in [5.74, 6) is 0.668. The van der Waals surface area contributed by atoms with Gasteiger partial charge in [0.2, 0.25) is 0 Å². The number of hydrogen-bond acceptors (Lipinski definition) is 3. The van der Waals surface area contributed by atoms with Crippen LogP contribution >= 0.6 is 11.6 Å². The summed E-state index contributed by atoms with van der Waals surface area (Å²) in [5.41, 5.74) is 5.53. The van der Waals surface area contributed by atoms with Crippen molar-refractivity contribution in [3.05, 3.63) is 69.2 Å². The summed E-state index contributed by atoms with van der Waals surface area (Å²) in [6.45, 7) is 8.77. The highest BCUT2D eigenvalue weighted by Crippen LogP contribution is 2.56. The first kappa shape index (κ1) is 26.7. The third-order valence-corrected chi connectivity index (χ3v) is 9.30. The van der Waals surface area contributed by atoms with Gasteiger partial charge in [0.15, 0.2) is 0 Å². The van der Waals surface area contributed by atoms with Crippen LogP contribution in [0.5, 0.6) is 0 Å². The molecular weight excluding hydrogens is 456 g/mol. The van der Waals surface area contributed by atoms with E-state index < -0.39 is 11.7 Å². The Labute approximate surface area is 216 Å². The van der Waals surface area contributed by atoms with Crippen molar-refractivity contribution in [1.29, 1.82) is 0 Å². The van der Waals surface area contributed by atoms with Crippen LogP contribution in [0.4, 0.5) is 0 Å². The molecule has 5 atom stereocenters. The molecule has 4 rings (SSSR count). The van der Waals surface area contributed by atoms with E-state index in [4.69, 9.17) is 16.3 Å². The molecule has 2 N–H and O–H groups in total. The van der Waals surface area contributed by atoms with E-state index in [9.17, 15) is 10.2 Å². The van der Waals surface area contributed by atoms with Crippen molar-refractivity contribution in [3.63, 3.8) is 0 Å². The summed E-state index contributed by atoms with van der Waals surface area (Å²) in [7, 11) is 0. The fourth-order valence-electron chi connectivity index (χ4n) is 6.66. The predicted molar refractivity (Wildman–Crippen MR) is 144 cm³/mol. The van der Waals surface area contributed by atoms with Crippen LogP contribution in [0, 0.1) is 17.8 Å². The van der Waals surface area contributed by atoms with Gasteiger partial charge in [-0.3, -0.25) is 0 Å². The maximum Gasteiger partial charge on any atom is 0.102 e. The Bertz CT molecular complexity index is 983. The van der Waals surface area contributed by atoms with Crippen LogP contribution in [0.1, 0.15) is 87.6 Å². The predicted octanol–water partition coefficient (Wildman–Crippen LogP) is 6.86. The Balaban J connectivity index is 1.88. The molecule has 0 amide bonds. The molecule has 2 aromatic carbocycles. The highest BCUT2D eigenvalue weighted by molar-refractivity contribution is 6.31. The van der Waals surface area contributed by atoms with Crippen LogP contribution in [0.25, 0.3) is 0 Å². The Morgan fingerprint density at radius 1 is 1.00 bits per heavy atom. The van der Waals surface area contributed by atoms with Gasteiger partial charge < -0.3 is 14.9 Å². The molecule has 35 heavy (non-hydrogen) atoms. The van der Waals surface area contributed by atoms with Crippen LogP contribution in [-0.4, -0.2) is 29.0 Å². The highest BCUT2D eigenvalue weighted by Gasteiger charge is 2.57. The first-order valence-electron chi connectivity index (χ1n) is 13.7. The minimum Gasteiger partial charge on any atom is -0.394 e. The van der Waals surface area contributed by atoms with Crippen molar-refractivity contribution in [3.8, 4) is 0 Å². The monoisotopic (exact) mass is 498 g/mol. The molecule has 1 saturated heterocycles. The molecule has 1 saturated carbocycles. The van der Waals surface area contributed by atoms with E-state index in [0.717, 1.165) is 49.1 Å². The Hall–Kier alpha value is -1.39. The number of rotatable bonds is 9. The van der Waals surface area contributed by atoms with Crippen molar-refractivity contribution < 1.29 is 14.9 Å². The minimum absolute atomic E-state index is 0.0252. The van der Waals surface area contributed by atoms with E-state index in [2.05, 4.69) is 58.0 Å². The Morgan fingerprint density at radius 2 is 1.69 bits per heavy atom. The van der Waals surface area contributed by atoms with E-state index in [1.54, 1.807) is 0 Å².